The first-order chi connectivity index (χ1) is 23.7. The maximum atomic E-state index is 14.2. The molecule has 0 aliphatic carbocycles. The van der Waals surface area contributed by atoms with E-state index >= 15 is 0 Å². The van der Waals surface area contributed by atoms with Gasteiger partial charge >= 0.3 is 12.1 Å². The Morgan fingerprint density at radius 3 is 2.60 bits per heavy atom. The largest absolute Gasteiger partial charge is 0.489 e. The van der Waals surface area contributed by atoms with Crippen molar-refractivity contribution in [2.45, 2.75) is 84.6 Å². The maximum absolute atomic E-state index is 14.2. The average Bonchev–Trinajstić information content (AvgIpc) is 3.38. The van der Waals surface area contributed by atoms with Crippen LogP contribution in [0.4, 0.5) is 4.79 Å². The van der Waals surface area contributed by atoms with Crippen LogP contribution in [0.25, 0.3) is 22.0 Å². The van der Waals surface area contributed by atoms with Gasteiger partial charge in [-0.3, -0.25) is 14.6 Å². The van der Waals surface area contributed by atoms with E-state index in [0.717, 1.165) is 42.4 Å². The number of fused-ring (bicyclic) bond motifs is 6. The molecule has 2 aliphatic heterocycles. The number of rotatable bonds is 4. The molecule has 0 saturated carbocycles. The van der Waals surface area contributed by atoms with Crippen LogP contribution in [0.15, 0.2) is 66.7 Å². The smallest absolute Gasteiger partial charge is 0.408 e. The van der Waals surface area contributed by atoms with E-state index in [-0.39, 0.29) is 24.3 Å². The summed E-state index contributed by atoms with van der Waals surface area (Å²) in [6, 6.07) is 20.6. The fourth-order valence-electron chi connectivity index (χ4n) is 6.42. The standard InChI is InChI=1S/C39H45IN4O6/c1-38(2,3)50-37(47)42-33-18-25-16-27(19-28(17-25)48-22-24-10-7-6-8-11-24)26-13-14-31-29(20-26)30(34(40)41-31)21-39(4,5)23-49-36(46)32-12-9-15-44(43-32)35(33)45/h6-8,10-11,13-14,16-17,19-20,32-33,41,43H,9,12,15,18,21-23H2,1-5H3,(H,42,47)/t32-,33-/m0/s1. The lowest BCUT2D eigenvalue weighted by molar-refractivity contribution is -0.155. The van der Waals surface area contributed by atoms with Crippen molar-refractivity contribution in [3.63, 3.8) is 0 Å². The molecule has 1 saturated heterocycles. The first kappa shape index (κ1) is 35.7. The lowest BCUT2D eigenvalue weighted by atomic mass is 9.86. The number of aromatic amines is 1. The Morgan fingerprint density at radius 1 is 1.06 bits per heavy atom. The molecule has 11 heteroatoms. The summed E-state index contributed by atoms with van der Waals surface area (Å²) in [5.41, 5.74) is 7.88. The number of esters is 1. The summed E-state index contributed by atoms with van der Waals surface area (Å²) in [6.07, 6.45) is 1.27. The van der Waals surface area contributed by atoms with E-state index in [1.807, 2.05) is 48.5 Å². The second kappa shape index (κ2) is 14.6. The van der Waals surface area contributed by atoms with E-state index in [9.17, 15) is 14.4 Å². The Bertz CT molecular complexity index is 1880. The van der Waals surface area contributed by atoms with Gasteiger partial charge in [-0.25, -0.2) is 10.2 Å². The number of ether oxygens (including phenoxy) is 3. The van der Waals surface area contributed by atoms with E-state index in [1.54, 1.807) is 20.8 Å². The molecule has 3 heterocycles. The van der Waals surface area contributed by atoms with Crippen LogP contribution in [-0.2, 0) is 38.5 Å². The summed E-state index contributed by atoms with van der Waals surface area (Å²) >= 11 is 2.35. The third-order valence-corrected chi connectivity index (χ3v) is 9.75. The highest BCUT2D eigenvalue weighted by Gasteiger charge is 2.35. The number of hydrogen-bond acceptors (Lipinski definition) is 7. The molecule has 264 valence electrons. The van der Waals surface area contributed by atoms with Crippen molar-refractivity contribution in [1.29, 1.82) is 0 Å². The number of amides is 2. The van der Waals surface area contributed by atoms with Crippen molar-refractivity contribution in [3.8, 4) is 16.9 Å². The van der Waals surface area contributed by atoms with Crippen LogP contribution in [0.1, 0.15) is 64.2 Å². The predicted octanol–water partition coefficient (Wildman–Crippen LogP) is 7.08. The number of hydrazine groups is 1. The highest BCUT2D eigenvalue weighted by molar-refractivity contribution is 14.1. The van der Waals surface area contributed by atoms with Crippen molar-refractivity contribution < 1.29 is 28.6 Å². The number of cyclic esters (lactones) is 1. The number of nitrogens with zero attached hydrogens (tertiary/aromatic N) is 1. The zero-order chi connectivity index (χ0) is 35.6. The van der Waals surface area contributed by atoms with E-state index in [4.69, 9.17) is 14.2 Å². The molecule has 6 bridgehead atoms. The fraction of sp³-hybridized carbons (Fsp3) is 0.410. The molecule has 2 amide bonds. The molecule has 1 aromatic heterocycles. The van der Waals surface area contributed by atoms with E-state index in [0.29, 0.717) is 38.2 Å². The Labute approximate surface area is 306 Å². The third kappa shape index (κ3) is 8.79. The summed E-state index contributed by atoms with van der Waals surface area (Å²) in [4.78, 5) is 44.2. The molecule has 0 radical (unpaired) electrons. The molecular formula is C39H45IN4O6. The molecule has 0 unspecified atom stereocenters. The van der Waals surface area contributed by atoms with Crippen LogP contribution in [0.5, 0.6) is 5.75 Å². The monoisotopic (exact) mass is 792 g/mol. The van der Waals surface area contributed by atoms with Crippen LogP contribution in [0.3, 0.4) is 0 Å². The Balaban J connectivity index is 1.45. The van der Waals surface area contributed by atoms with Crippen molar-refractivity contribution >= 4 is 51.5 Å². The van der Waals surface area contributed by atoms with Gasteiger partial charge in [0.1, 0.15) is 30.0 Å². The summed E-state index contributed by atoms with van der Waals surface area (Å²) in [5, 5.41) is 5.35. The minimum atomic E-state index is -0.998. The molecule has 50 heavy (non-hydrogen) atoms. The lowest BCUT2D eigenvalue weighted by Crippen LogP contribution is -2.60. The van der Waals surface area contributed by atoms with E-state index in [1.165, 1.54) is 5.01 Å². The number of hydrogen-bond donors (Lipinski definition) is 3. The van der Waals surface area contributed by atoms with Crippen molar-refractivity contribution in [3.05, 3.63) is 87.1 Å². The van der Waals surface area contributed by atoms with Gasteiger partial charge in [-0.15, -0.1) is 0 Å². The molecule has 6 rings (SSSR count). The topological polar surface area (TPSA) is 122 Å². The maximum Gasteiger partial charge on any atom is 0.408 e. The molecule has 1 fully saturated rings. The number of H-pyrrole nitrogens is 1. The molecule has 10 nitrogen and oxygen atoms in total. The van der Waals surface area contributed by atoms with Crippen LogP contribution in [0, 0.1) is 9.12 Å². The number of halogens is 1. The molecule has 3 aromatic carbocycles. The Kier molecular flexibility index (Phi) is 10.5. The van der Waals surface area contributed by atoms with Gasteiger partial charge in [0.15, 0.2) is 0 Å². The molecular weight excluding hydrogens is 747 g/mol. The second-order valence-corrected chi connectivity index (χ2v) is 16.1. The number of nitrogens with one attached hydrogen (secondary N) is 3. The number of carbonyl (C=O) groups excluding carboxylic acids is 3. The zero-order valence-corrected chi connectivity index (χ0v) is 31.4. The number of carbonyl (C=O) groups is 3. The number of benzene rings is 3. The van der Waals surface area contributed by atoms with Crippen LogP contribution in [-0.4, -0.2) is 58.8 Å². The number of aromatic nitrogens is 1. The molecule has 0 spiro atoms. The summed E-state index contributed by atoms with van der Waals surface area (Å²) in [5.74, 6) is -0.139. The first-order valence-electron chi connectivity index (χ1n) is 17.1. The number of alkyl carbamates (subject to hydrolysis) is 1. The Hall–Kier alpha value is -4.10. The van der Waals surface area contributed by atoms with Gasteiger partial charge in [-0.1, -0.05) is 56.3 Å². The SMILES string of the molecule is CC1(C)COC(=O)[C@@H]2CCCN(N2)C(=O)[C@@H](NC(=O)OC(C)(C)C)Cc2cc(OCc3ccccc3)cc(c2)-c2ccc3[nH]c(I)c(c3c2)C1. The summed E-state index contributed by atoms with van der Waals surface area (Å²) in [7, 11) is 0. The van der Waals surface area contributed by atoms with Crippen molar-refractivity contribution in [1.82, 2.24) is 20.7 Å². The normalized spacial score (nSPS) is 19.8. The van der Waals surface area contributed by atoms with Gasteiger partial charge < -0.3 is 24.5 Å². The average molecular weight is 793 g/mol. The van der Waals surface area contributed by atoms with Gasteiger partial charge in [-0.05, 0) is 115 Å². The Morgan fingerprint density at radius 2 is 1.84 bits per heavy atom. The first-order valence-corrected chi connectivity index (χ1v) is 18.2. The van der Waals surface area contributed by atoms with Crippen molar-refractivity contribution in [2.75, 3.05) is 13.2 Å². The molecule has 2 aliphatic rings. The summed E-state index contributed by atoms with van der Waals surface area (Å²) < 4.78 is 18.9. The van der Waals surface area contributed by atoms with Gasteiger partial charge in [-0.2, -0.15) is 0 Å². The van der Waals surface area contributed by atoms with E-state index < -0.39 is 29.7 Å². The highest BCUT2D eigenvalue weighted by atomic mass is 127. The van der Waals surface area contributed by atoms with Gasteiger partial charge in [0.25, 0.3) is 5.91 Å². The van der Waals surface area contributed by atoms with Crippen LogP contribution >= 0.6 is 22.6 Å². The van der Waals surface area contributed by atoms with E-state index in [2.05, 4.69) is 70.4 Å². The molecule has 4 aromatic rings. The molecule has 3 N–H and O–H groups in total. The minimum absolute atomic E-state index is 0.157. The van der Waals surface area contributed by atoms with Crippen LogP contribution < -0.4 is 15.5 Å². The lowest BCUT2D eigenvalue weighted by Gasteiger charge is -2.35. The van der Waals surface area contributed by atoms with Gasteiger partial charge in [0, 0.05) is 29.3 Å². The summed E-state index contributed by atoms with van der Waals surface area (Å²) in [6.45, 7) is 10.5. The van der Waals surface area contributed by atoms with Gasteiger partial charge in [0.05, 0.1) is 10.3 Å². The highest BCUT2D eigenvalue weighted by Crippen LogP contribution is 2.35. The zero-order valence-electron chi connectivity index (χ0n) is 29.2. The van der Waals surface area contributed by atoms with Gasteiger partial charge in [0.2, 0.25) is 0 Å². The van der Waals surface area contributed by atoms with Crippen molar-refractivity contribution in [2.24, 2.45) is 5.41 Å². The predicted molar refractivity (Wildman–Crippen MR) is 200 cm³/mol. The quantitative estimate of drug-likeness (QED) is 0.149. The second-order valence-electron chi connectivity index (χ2n) is 15.0. The minimum Gasteiger partial charge on any atom is -0.489 e. The van der Waals surface area contributed by atoms with Crippen LogP contribution in [0.2, 0.25) is 0 Å². The third-order valence-electron chi connectivity index (χ3n) is 8.83. The fourth-order valence-corrected chi connectivity index (χ4v) is 7.19. The molecule has 2 atom stereocenters.